The number of halogens is 1. The summed E-state index contributed by atoms with van der Waals surface area (Å²) in [6.45, 7) is 3.48. The molecule has 0 bridgehead atoms. The summed E-state index contributed by atoms with van der Waals surface area (Å²) in [5.74, 6) is -0.219. The minimum Gasteiger partial charge on any atom is -0.369 e. The lowest BCUT2D eigenvalue weighted by Crippen LogP contribution is -2.58. The summed E-state index contributed by atoms with van der Waals surface area (Å²) in [6.07, 6.45) is 4.06. The molecular weight excluding hydrogens is 389 g/mol. The number of sulfonamides is 1. The molecule has 1 heterocycles. The Kier molecular flexibility index (Phi) is 6.18. The van der Waals surface area contributed by atoms with Crippen LogP contribution in [0.2, 0.25) is 0 Å². The van der Waals surface area contributed by atoms with Gasteiger partial charge in [-0.3, -0.25) is 4.90 Å². The molecule has 0 spiro atoms. The molecule has 5 nitrogen and oxygen atoms in total. The Morgan fingerprint density at radius 3 is 2.21 bits per heavy atom. The first-order valence-corrected chi connectivity index (χ1v) is 11.8. The molecule has 2 aromatic carbocycles. The standard InChI is InChI=1S/C22H28FN3O2S/c23-18-10-12-19(13-11-18)25-14-16-26(17-15-25)22-9-5-4-8-21(22)24-29(27,28)20-6-2-1-3-7-20/h1-3,6-7,10-13,21-22,24H,4-5,8-9,14-17H2/t21-,22-/m0/s1. The zero-order valence-corrected chi connectivity index (χ0v) is 17.3. The molecule has 2 atom stereocenters. The van der Waals surface area contributed by atoms with E-state index in [1.807, 2.05) is 18.2 Å². The van der Waals surface area contributed by atoms with Crippen molar-refractivity contribution in [1.82, 2.24) is 9.62 Å². The molecule has 0 unspecified atom stereocenters. The highest BCUT2D eigenvalue weighted by molar-refractivity contribution is 7.89. The summed E-state index contributed by atoms with van der Waals surface area (Å²) in [5, 5.41) is 0. The second-order valence-electron chi connectivity index (χ2n) is 7.89. The van der Waals surface area contributed by atoms with Gasteiger partial charge in [-0.05, 0) is 49.2 Å². The van der Waals surface area contributed by atoms with Crippen LogP contribution < -0.4 is 9.62 Å². The average Bonchev–Trinajstić information content (AvgIpc) is 2.75. The highest BCUT2D eigenvalue weighted by Crippen LogP contribution is 2.27. The van der Waals surface area contributed by atoms with Crippen LogP contribution in [0.1, 0.15) is 25.7 Å². The van der Waals surface area contributed by atoms with Gasteiger partial charge in [0, 0.05) is 44.0 Å². The van der Waals surface area contributed by atoms with E-state index >= 15 is 0 Å². The van der Waals surface area contributed by atoms with Crippen molar-refractivity contribution in [3.05, 3.63) is 60.4 Å². The highest BCUT2D eigenvalue weighted by Gasteiger charge is 2.34. The fourth-order valence-corrected chi connectivity index (χ4v) is 5.84. The predicted molar refractivity (Wildman–Crippen MR) is 113 cm³/mol. The Morgan fingerprint density at radius 1 is 0.862 bits per heavy atom. The first-order valence-electron chi connectivity index (χ1n) is 10.3. The number of nitrogens with one attached hydrogen (secondary N) is 1. The van der Waals surface area contributed by atoms with Crippen LogP contribution in [0.25, 0.3) is 0 Å². The third-order valence-corrected chi connectivity index (χ3v) is 7.57. The van der Waals surface area contributed by atoms with Gasteiger partial charge in [0.05, 0.1) is 4.90 Å². The summed E-state index contributed by atoms with van der Waals surface area (Å²) in [7, 11) is -3.51. The number of piperazine rings is 1. The molecule has 0 radical (unpaired) electrons. The quantitative estimate of drug-likeness (QED) is 0.812. The minimum atomic E-state index is -3.51. The number of hydrogen-bond donors (Lipinski definition) is 1. The maximum absolute atomic E-state index is 13.2. The van der Waals surface area contributed by atoms with E-state index in [9.17, 15) is 12.8 Å². The van der Waals surface area contributed by atoms with E-state index < -0.39 is 10.0 Å². The van der Waals surface area contributed by atoms with Crippen molar-refractivity contribution in [3.8, 4) is 0 Å². The van der Waals surface area contributed by atoms with Crippen molar-refractivity contribution in [3.63, 3.8) is 0 Å². The van der Waals surface area contributed by atoms with Gasteiger partial charge in [0.25, 0.3) is 0 Å². The number of anilines is 1. The van der Waals surface area contributed by atoms with Crippen molar-refractivity contribution in [2.45, 2.75) is 42.7 Å². The van der Waals surface area contributed by atoms with Crippen LogP contribution in [0.5, 0.6) is 0 Å². The van der Waals surface area contributed by atoms with Crippen LogP contribution in [0.4, 0.5) is 10.1 Å². The molecule has 2 aromatic rings. The Hall–Kier alpha value is -1.96. The third-order valence-electron chi connectivity index (χ3n) is 6.06. The van der Waals surface area contributed by atoms with Gasteiger partial charge < -0.3 is 4.90 Å². The summed E-state index contributed by atoms with van der Waals surface area (Å²) >= 11 is 0. The molecule has 1 saturated heterocycles. The molecule has 1 saturated carbocycles. The predicted octanol–water partition coefficient (Wildman–Crippen LogP) is 3.24. The van der Waals surface area contributed by atoms with Gasteiger partial charge >= 0.3 is 0 Å². The van der Waals surface area contributed by atoms with Crippen LogP contribution in [0.15, 0.2) is 59.5 Å². The van der Waals surface area contributed by atoms with Crippen molar-refractivity contribution >= 4 is 15.7 Å². The van der Waals surface area contributed by atoms with Gasteiger partial charge in [0.1, 0.15) is 5.82 Å². The second-order valence-corrected chi connectivity index (χ2v) is 9.61. The third kappa shape index (κ3) is 4.79. The van der Waals surface area contributed by atoms with Gasteiger partial charge in [-0.2, -0.15) is 0 Å². The van der Waals surface area contributed by atoms with E-state index in [0.29, 0.717) is 4.90 Å². The van der Waals surface area contributed by atoms with Crippen molar-refractivity contribution in [2.24, 2.45) is 0 Å². The van der Waals surface area contributed by atoms with E-state index in [0.717, 1.165) is 57.5 Å². The lowest BCUT2D eigenvalue weighted by atomic mass is 9.89. The zero-order chi connectivity index (χ0) is 20.3. The molecule has 7 heteroatoms. The van der Waals surface area contributed by atoms with E-state index in [-0.39, 0.29) is 17.9 Å². The molecule has 4 rings (SSSR count). The minimum absolute atomic E-state index is 0.0636. The van der Waals surface area contributed by atoms with E-state index in [1.165, 1.54) is 12.1 Å². The molecule has 0 amide bonds. The number of hydrogen-bond acceptors (Lipinski definition) is 4. The molecule has 156 valence electrons. The Labute approximate surface area is 172 Å². The molecule has 1 N–H and O–H groups in total. The first kappa shape index (κ1) is 20.3. The normalized spacial score (nSPS) is 23.8. The van der Waals surface area contributed by atoms with Crippen LogP contribution in [0.3, 0.4) is 0 Å². The highest BCUT2D eigenvalue weighted by atomic mass is 32.2. The fraction of sp³-hybridized carbons (Fsp3) is 0.455. The molecule has 1 aliphatic carbocycles. The molecule has 0 aromatic heterocycles. The first-order chi connectivity index (χ1) is 14.0. The summed E-state index contributed by atoms with van der Waals surface area (Å²) < 4.78 is 41.8. The lowest BCUT2D eigenvalue weighted by molar-refractivity contribution is 0.124. The average molecular weight is 418 g/mol. The van der Waals surface area contributed by atoms with Crippen LogP contribution in [-0.4, -0.2) is 51.6 Å². The van der Waals surface area contributed by atoms with Crippen molar-refractivity contribution in [2.75, 3.05) is 31.1 Å². The summed E-state index contributed by atoms with van der Waals surface area (Å²) in [5.41, 5.74) is 1.04. The number of benzene rings is 2. The number of nitrogens with zero attached hydrogens (tertiary/aromatic N) is 2. The Balaban J connectivity index is 1.41. The molecule has 2 fully saturated rings. The van der Waals surface area contributed by atoms with Gasteiger partial charge in [0.15, 0.2) is 0 Å². The van der Waals surface area contributed by atoms with Gasteiger partial charge in [-0.1, -0.05) is 31.0 Å². The summed E-state index contributed by atoms with van der Waals surface area (Å²) in [6, 6.07) is 15.4. The van der Waals surface area contributed by atoms with Crippen molar-refractivity contribution < 1.29 is 12.8 Å². The van der Waals surface area contributed by atoms with Crippen molar-refractivity contribution in [1.29, 1.82) is 0 Å². The maximum Gasteiger partial charge on any atom is 0.240 e. The monoisotopic (exact) mass is 417 g/mol. The second kappa shape index (κ2) is 8.81. The van der Waals surface area contributed by atoms with Gasteiger partial charge in [0.2, 0.25) is 10.0 Å². The molecule has 29 heavy (non-hydrogen) atoms. The molecule has 2 aliphatic rings. The van der Waals surface area contributed by atoms with Crippen LogP contribution in [0, 0.1) is 5.82 Å². The van der Waals surface area contributed by atoms with Gasteiger partial charge in [-0.15, -0.1) is 0 Å². The molecule has 1 aliphatic heterocycles. The van der Waals surface area contributed by atoms with E-state index in [1.54, 1.807) is 24.3 Å². The lowest BCUT2D eigenvalue weighted by Gasteiger charge is -2.44. The molecular formula is C22H28FN3O2S. The summed E-state index contributed by atoms with van der Waals surface area (Å²) in [4.78, 5) is 5.02. The van der Waals surface area contributed by atoms with Crippen LogP contribution in [-0.2, 0) is 10.0 Å². The fourth-order valence-electron chi connectivity index (χ4n) is 4.52. The SMILES string of the molecule is O=S(=O)(N[C@H]1CCCC[C@@H]1N1CCN(c2ccc(F)cc2)CC1)c1ccccc1. The maximum atomic E-state index is 13.2. The smallest absolute Gasteiger partial charge is 0.240 e. The zero-order valence-electron chi connectivity index (χ0n) is 16.5. The topological polar surface area (TPSA) is 52.7 Å². The number of rotatable bonds is 5. The van der Waals surface area contributed by atoms with E-state index in [2.05, 4.69) is 14.5 Å². The van der Waals surface area contributed by atoms with E-state index in [4.69, 9.17) is 0 Å². The largest absolute Gasteiger partial charge is 0.369 e. The van der Waals surface area contributed by atoms with Crippen LogP contribution >= 0.6 is 0 Å². The Bertz CT molecular complexity index is 897. The Morgan fingerprint density at radius 2 is 1.52 bits per heavy atom. The van der Waals surface area contributed by atoms with Gasteiger partial charge in [-0.25, -0.2) is 17.5 Å².